The third-order valence-corrected chi connectivity index (χ3v) is 6.83. The molecule has 4 rings (SSSR count). The van der Waals surface area contributed by atoms with Crippen molar-refractivity contribution in [2.75, 3.05) is 11.5 Å². The molecule has 2 aromatic rings. The first-order valence-corrected chi connectivity index (χ1v) is 10.7. The Labute approximate surface area is 151 Å². The molecule has 26 heavy (non-hydrogen) atoms. The summed E-state index contributed by atoms with van der Waals surface area (Å²) in [6.07, 6.45) is 6.00. The molecule has 1 atom stereocenters. The number of sulfone groups is 1. The largest absolute Gasteiger partial charge is 0.461 e. The highest BCUT2D eigenvalue weighted by Crippen LogP contribution is 2.29. The predicted molar refractivity (Wildman–Crippen MR) is 91.7 cm³/mol. The molecule has 2 aromatic heterocycles. The second-order valence-electron chi connectivity index (χ2n) is 6.92. The third kappa shape index (κ3) is 3.50. The van der Waals surface area contributed by atoms with Gasteiger partial charge in [-0.1, -0.05) is 12.8 Å². The first-order valence-electron chi connectivity index (χ1n) is 8.85. The molecule has 0 unspecified atom stereocenters. The Morgan fingerprint density at radius 3 is 2.73 bits per heavy atom. The predicted octanol–water partition coefficient (Wildman–Crippen LogP) is 0.891. The van der Waals surface area contributed by atoms with Crippen LogP contribution in [0.5, 0.6) is 0 Å². The van der Waals surface area contributed by atoms with Crippen molar-refractivity contribution < 1.29 is 17.6 Å². The molecule has 2 aliphatic rings. The van der Waals surface area contributed by atoms with Crippen molar-refractivity contribution in [1.82, 2.24) is 25.1 Å². The van der Waals surface area contributed by atoms with Crippen LogP contribution in [0.1, 0.15) is 32.1 Å². The van der Waals surface area contributed by atoms with Crippen molar-refractivity contribution in [3.63, 3.8) is 0 Å². The maximum Gasteiger partial charge on any atom is 0.246 e. The summed E-state index contributed by atoms with van der Waals surface area (Å²) in [5.41, 5.74) is 0. The zero-order chi connectivity index (χ0) is 18.1. The average Bonchev–Trinajstić information content (AvgIpc) is 3.34. The van der Waals surface area contributed by atoms with Crippen LogP contribution in [-0.2, 0) is 21.2 Å². The summed E-state index contributed by atoms with van der Waals surface area (Å²) >= 11 is 0. The van der Waals surface area contributed by atoms with Gasteiger partial charge in [0.05, 0.1) is 17.8 Å². The number of hydrogen-bond acceptors (Lipinski definition) is 7. The van der Waals surface area contributed by atoms with Crippen molar-refractivity contribution in [2.45, 2.75) is 50.7 Å². The molecule has 10 heteroatoms. The lowest BCUT2D eigenvalue weighted by Crippen LogP contribution is -2.48. The number of amides is 1. The minimum Gasteiger partial charge on any atom is -0.461 e. The molecule has 2 fully saturated rings. The Balaban J connectivity index is 1.51. The molecular formula is C16H21N5O4S. The Kier molecular flexibility index (Phi) is 4.51. The van der Waals surface area contributed by atoms with E-state index in [1.165, 1.54) is 11.1 Å². The van der Waals surface area contributed by atoms with Crippen LogP contribution in [0.2, 0.25) is 0 Å². The summed E-state index contributed by atoms with van der Waals surface area (Å²) < 4.78 is 29.0. The second kappa shape index (κ2) is 6.82. The van der Waals surface area contributed by atoms with Crippen LogP contribution in [0.3, 0.4) is 0 Å². The average molecular weight is 379 g/mol. The minimum atomic E-state index is -3.06. The van der Waals surface area contributed by atoms with Crippen molar-refractivity contribution in [2.24, 2.45) is 0 Å². The summed E-state index contributed by atoms with van der Waals surface area (Å²) in [6, 6.07) is 3.30. The van der Waals surface area contributed by atoms with Gasteiger partial charge in [-0.2, -0.15) is 4.80 Å². The van der Waals surface area contributed by atoms with Gasteiger partial charge in [-0.3, -0.25) is 4.79 Å². The number of carbonyl (C=O) groups is 1. The molecule has 0 aromatic carbocycles. The molecule has 0 bridgehead atoms. The van der Waals surface area contributed by atoms with Gasteiger partial charge in [0.25, 0.3) is 0 Å². The number of furan rings is 1. The fraction of sp³-hybridized carbons (Fsp3) is 0.625. The van der Waals surface area contributed by atoms with Gasteiger partial charge < -0.3 is 9.32 Å². The molecule has 3 heterocycles. The maximum absolute atomic E-state index is 13.0. The van der Waals surface area contributed by atoms with Gasteiger partial charge in [-0.05, 0) is 36.6 Å². The third-order valence-electron chi connectivity index (χ3n) is 5.08. The highest BCUT2D eigenvalue weighted by Gasteiger charge is 2.39. The zero-order valence-electron chi connectivity index (χ0n) is 14.3. The van der Waals surface area contributed by atoms with Gasteiger partial charge in [-0.25, -0.2) is 8.42 Å². The first kappa shape index (κ1) is 17.2. The Hall–Kier alpha value is -2.23. The number of aromatic nitrogens is 4. The molecule has 9 nitrogen and oxygen atoms in total. The molecule has 1 saturated carbocycles. The van der Waals surface area contributed by atoms with E-state index in [-0.39, 0.29) is 36.0 Å². The van der Waals surface area contributed by atoms with Crippen molar-refractivity contribution >= 4 is 15.7 Å². The van der Waals surface area contributed by atoms with E-state index in [9.17, 15) is 13.2 Å². The molecule has 1 saturated heterocycles. The van der Waals surface area contributed by atoms with E-state index < -0.39 is 9.84 Å². The lowest BCUT2D eigenvalue weighted by molar-refractivity contribution is -0.136. The molecule has 1 aliphatic heterocycles. The van der Waals surface area contributed by atoms with E-state index in [0.29, 0.717) is 18.0 Å². The van der Waals surface area contributed by atoms with Crippen LogP contribution in [-0.4, -0.2) is 63.0 Å². The van der Waals surface area contributed by atoms with E-state index in [2.05, 4.69) is 15.4 Å². The van der Waals surface area contributed by atoms with E-state index in [1.54, 1.807) is 17.0 Å². The topological polar surface area (TPSA) is 111 Å². The van der Waals surface area contributed by atoms with Crippen molar-refractivity contribution in [3.8, 4) is 11.6 Å². The summed E-state index contributed by atoms with van der Waals surface area (Å²) in [6.45, 7) is -0.0548. The zero-order valence-corrected chi connectivity index (χ0v) is 15.1. The number of hydrogen-bond donors (Lipinski definition) is 0. The lowest BCUT2D eigenvalue weighted by Gasteiger charge is -2.33. The van der Waals surface area contributed by atoms with Crippen LogP contribution in [0.15, 0.2) is 22.8 Å². The van der Waals surface area contributed by atoms with Gasteiger partial charge >= 0.3 is 0 Å². The molecular weight excluding hydrogens is 358 g/mol. The molecule has 0 N–H and O–H groups in total. The van der Waals surface area contributed by atoms with Crippen LogP contribution in [0.25, 0.3) is 11.6 Å². The summed E-state index contributed by atoms with van der Waals surface area (Å²) in [5.74, 6) is 0.857. The number of tetrazole rings is 1. The van der Waals surface area contributed by atoms with E-state index in [0.717, 1.165) is 25.7 Å². The maximum atomic E-state index is 13.0. The molecule has 140 valence electrons. The van der Waals surface area contributed by atoms with Crippen LogP contribution >= 0.6 is 0 Å². The van der Waals surface area contributed by atoms with Crippen LogP contribution in [0.4, 0.5) is 0 Å². The number of rotatable bonds is 5. The van der Waals surface area contributed by atoms with Gasteiger partial charge in [0.15, 0.2) is 15.6 Å². The minimum absolute atomic E-state index is 0.0532. The fourth-order valence-electron chi connectivity index (χ4n) is 3.90. The molecule has 0 radical (unpaired) electrons. The molecule has 1 amide bonds. The Morgan fingerprint density at radius 2 is 2.08 bits per heavy atom. The highest BCUT2D eigenvalue weighted by molar-refractivity contribution is 7.91. The molecule has 0 spiro atoms. The quantitative estimate of drug-likeness (QED) is 0.758. The summed E-state index contributed by atoms with van der Waals surface area (Å²) in [5, 5.41) is 12.0. The standard InChI is InChI=1S/C16H21N5O4S/c22-15(10-20-18-16(17-19-20)14-6-3-8-25-14)21(12-4-1-2-5-12)13-7-9-26(23,24)11-13/h3,6,8,12-13H,1-2,4-5,7,9-11H2/t13-/m1/s1. The second-order valence-corrected chi connectivity index (χ2v) is 9.15. The Bertz CT molecular complexity index is 870. The van der Waals surface area contributed by atoms with E-state index >= 15 is 0 Å². The van der Waals surface area contributed by atoms with E-state index in [1.807, 2.05) is 0 Å². The van der Waals surface area contributed by atoms with Gasteiger partial charge in [0.1, 0.15) is 6.54 Å². The SMILES string of the molecule is O=C(Cn1nnc(-c2ccco2)n1)N(C1CCCC1)[C@@H]1CCS(=O)(=O)C1. The van der Waals surface area contributed by atoms with Gasteiger partial charge in [0.2, 0.25) is 11.7 Å². The molecule has 1 aliphatic carbocycles. The normalized spacial score (nSPS) is 22.7. The first-order chi connectivity index (χ1) is 12.5. The number of carbonyl (C=O) groups excluding carboxylic acids is 1. The number of nitrogens with zero attached hydrogens (tertiary/aromatic N) is 5. The fourth-order valence-corrected chi connectivity index (χ4v) is 5.61. The smallest absolute Gasteiger partial charge is 0.246 e. The van der Waals surface area contributed by atoms with E-state index in [4.69, 9.17) is 4.42 Å². The van der Waals surface area contributed by atoms with Crippen molar-refractivity contribution in [3.05, 3.63) is 18.4 Å². The summed E-state index contributed by atoms with van der Waals surface area (Å²) in [4.78, 5) is 16.0. The van der Waals surface area contributed by atoms with Gasteiger partial charge in [0, 0.05) is 12.1 Å². The van der Waals surface area contributed by atoms with Gasteiger partial charge in [-0.15, -0.1) is 10.2 Å². The lowest BCUT2D eigenvalue weighted by atomic mass is 10.1. The monoisotopic (exact) mass is 379 g/mol. The highest BCUT2D eigenvalue weighted by atomic mass is 32.2. The van der Waals surface area contributed by atoms with Crippen LogP contribution < -0.4 is 0 Å². The van der Waals surface area contributed by atoms with Crippen LogP contribution in [0, 0.1) is 0 Å². The summed E-state index contributed by atoms with van der Waals surface area (Å²) in [7, 11) is -3.06. The Morgan fingerprint density at radius 1 is 1.27 bits per heavy atom. The van der Waals surface area contributed by atoms with Crippen molar-refractivity contribution in [1.29, 1.82) is 0 Å².